The minimum absolute atomic E-state index is 0.0272. The lowest BCUT2D eigenvalue weighted by Gasteiger charge is -2.56. The first-order valence-corrected chi connectivity index (χ1v) is 11.1. The van der Waals surface area contributed by atoms with Crippen LogP contribution in [0.25, 0.3) is 0 Å². The lowest BCUT2D eigenvalue weighted by Crippen LogP contribution is -2.52. The van der Waals surface area contributed by atoms with E-state index in [1.54, 1.807) is 38.4 Å². The third kappa shape index (κ3) is 3.39. The van der Waals surface area contributed by atoms with Crippen LogP contribution in [0.2, 0.25) is 0 Å². The zero-order chi connectivity index (χ0) is 18.4. The summed E-state index contributed by atoms with van der Waals surface area (Å²) in [5.41, 5.74) is 0.0272. The van der Waals surface area contributed by atoms with Gasteiger partial charge in [0.1, 0.15) is 5.75 Å². The van der Waals surface area contributed by atoms with Gasteiger partial charge in [0.05, 0.1) is 24.2 Å². The van der Waals surface area contributed by atoms with Crippen molar-refractivity contribution in [3.63, 3.8) is 0 Å². The minimum atomic E-state index is -3.49. The number of methoxy groups -OCH3 is 1. The second kappa shape index (κ2) is 6.80. The van der Waals surface area contributed by atoms with Crippen LogP contribution in [0.1, 0.15) is 38.5 Å². The Balaban J connectivity index is 1.35. The number of likely N-dealkylation sites (N-methyl/N-ethyl adjacent to an activating group) is 1. The highest BCUT2D eigenvalue weighted by Crippen LogP contribution is 2.57. The average molecular weight is 380 g/mol. The Hall–Kier alpha value is -1.11. The Kier molecular flexibility index (Phi) is 4.78. The van der Waals surface area contributed by atoms with Crippen molar-refractivity contribution in [3.8, 4) is 5.75 Å². The second-order valence-corrected chi connectivity index (χ2v) is 10.5. The molecule has 1 aromatic rings. The summed E-state index contributed by atoms with van der Waals surface area (Å²) in [5.74, 6) is 3.16. The highest BCUT2D eigenvalue weighted by atomic mass is 32.2. The fourth-order valence-electron chi connectivity index (χ4n) is 5.65. The normalized spacial score (nSPS) is 33.0. The molecule has 0 aromatic heterocycles. The van der Waals surface area contributed by atoms with Crippen molar-refractivity contribution in [1.29, 1.82) is 0 Å². The van der Waals surface area contributed by atoms with Crippen LogP contribution in [0.3, 0.4) is 0 Å². The van der Waals surface area contributed by atoms with Crippen LogP contribution in [0.5, 0.6) is 5.75 Å². The van der Waals surface area contributed by atoms with Gasteiger partial charge in [-0.1, -0.05) is 0 Å². The molecule has 4 bridgehead atoms. The molecule has 0 heterocycles. The van der Waals surface area contributed by atoms with Crippen LogP contribution >= 0.6 is 0 Å². The van der Waals surface area contributed by atoms with E-state index in [0.29, 0.717) is 18.9 Å². The molecule has 4 aliphatic rings. The maximum Gasteiger partial charge on any atom is 0.242 e. The van der Waals surface area contributed by atoms with E-state index in [9.17, 15) is 8.42 Å². The first-order chi connectivity index (χ1) is 12.4. The van der Waals surface area contributed by atoms with Gasteiger partial charge in [-0.05, 0) is 80.5 Å². The van der Waals surface area contributed by atoms with E-state index in [4.69, 9.17) is 9.47 Å². The van der Waals surface area contributed by atoms with Gasteiger partial charge >= 0.3 is 0 Å². The number of hydrogen-bond acceptors (Lipinski definition) is 4. The molecular weight excluding hydrogens is 350 g/mol. The van der Waals surface area contributed by atoms with Gasteiger partial charge in [-0.15, -0.1) is 0 Å². The van der Waals surface area contributed by atoms with Crippen molar-refractivity contribution >= 4 is 10.0 Å². The molecule has 6 heteroatoms. The lowest BCUT2D eigenvalue weighted by atomic mass is 9.54. The molecule has 4 saturated carbocycles. The SMILES string of the molecule is COc1ccc(S(=O)(=O)N(C)CCOC23CC4CC(CC(C4)C2)C3)cc1. The number of benzene rings is 1. The molecule has 4 fully saturated rings. The Morgan fingerprint density at radius 3 is 2.08 bits per heavy atom. The van der Waals surface area contributed by atoms with Crippen molar-refractivity contribution in [1.82, 2.24) is 4.31 Å². The van der Waals surface area contributed by atoms with Crippen LogP contribution in [-0.4, -0.2) is 45.6 Å². The maximum atomic E-state index is 12.7. The quantitative estimate of drug-likeness (QED) is 0.729. The van der Waals surface area contributed by atoms with Crippen molar-refractivity contribution in [2.75, 3.05) is 27.3 Å². The van der Waals surface area contributed by atoms with Crippen LogP contribution in [0.15, 0.2) is 29.2 Å². The molecule has 26 heavy (non-hydrogen) atoms. The zero-order valence-corrected chi connectivity index (χ0v) is 16.5. The van der Waals surface area contributed by atoms with Crippen molar-refractivity contribution in [2.45, 2.75) is 49.0 Å². The van der Waals surface area contributed by atoms with Gasteiger partial charge in [0.2, 0.25) is 10.0 Å². The van der Waals surface area contributed by atoms with Gasteiger partial charge < -0.3 is 9.47 Å². The minimum Gasteiger partial charge on any atom is -0.497 e. The van der Waals surface area contributed by atoms with E-state index < -0.39 is 10.0 Å². The molecule has 0 amide bonds. The van der Waals surface area contributed by atoms with Crippen molar-refractivity contribution in [3.05, 3.63) is 24.3 Å². The van der Waals surface area contributed by atoms with Crippen LogP contribution in [0.4, 0.5) is 0 Å². The third-order valence-electron chi connectivity index (χ3n) is 6.56. The summed E-state index contributed by atoms with van der Waals surface area (Å²) in [5, 5.41) is 0. The molecule has 5 nitrogen and oxygen atoms in total. The summed E-state index contributed by atoms with van der Waals surface area (Å²) in [6, 6.07) is 6.52. The summed E-state index contributed by atoms with van der Waals surface area (Å²) >= 11 is 0. The summed E-state index contributed by atoms with van der Waals surface area (Å²) in [4.78, 5) is 0.288. The molecule has 5 rings (SSSR count). The Bertz CT molecular complexity index is 708. The van der Waals surface area contributed by atoms with E-state index in [1.165, 1.54) is 42.8 Å². The van der Waals surface area contributed by atoms with Crippen LogP contribution in [0, 0.1) is 17.8 Å². The van der Waals surface area contributed by atoms with E-state index >= 15 is 0 Å². The largest absolute Gasteiger partial charge is 0.497 e. The molecule has 0 N–H and O–H groups in total. The number of sulfonamides is 1. The molecular formula is C20H29NO4S. The summed E-state index contributed by atoms with van der Waals surface area (Å²) < 4.78 is 38.3. The van der Waals surface area contributed by atoms with Gasteiger partial charge in [-0.25, -0.2) is 8.42 Å². The van der Waals surface area contributed by atoms with E-state index in [1.807, 2.05) is 0 Å². The smallest absolute Gasteiger partial charge is 0.242 e. The molecule has 0 unspecified atom stereocenters. The zero-order valence-electron chi connectivity index (χ0n) is 15.7. The first-order valence-electron chi connectivity index (χ1n) is 9.64. The van der Waals surface area contributed by atoms with Crippen molar-refractivity contribution < 1.29 is 17.9 Å². The fourth-order valence-corrected chi connectivity index (χ4v) is 6.80. The molecule has 4 aliphatic carbocycles. The summed E-state index contributed by atoms with van der Waals surface area (Å²) in [6.45, 7) is 0.855. The van der Waals surface area contributed by atoms with E-state index in [0.717, 1.165) is 17.8 Å². The highest BCUT2D eigenvalue weighted by molar-refractivity contribution is 7.89. The Labute approximate surface area is 156 Å². The molecule has 0 aliphatic heterocycles. The van der Waals surface area contributed by atoms with Gasteiger partial charge in [-0.2, -0.15) is 4.31 Å². The number of nitrogens with zero attached hydrogens (tertiary/aromatic N) is 1. The van der Waals surface area contributed by atoms with Crippen LogP contribution in [-0.2, 0) is 14.8 Å². The van der Waals surface area contributed by atoms with Crippen molar-refractivity contribution in [2.24, 2.45) is 17.8 Å². The number of hydrogen-bond donors (Lipinski definition) is 0. The predicted octanol–water partition coefficient (Wildman–Crippen LogP) is 3.30. The molecule has 0 spiro atoms. The lowest BCUT2D eigenvalue weighted by molar-refractivity contribution is -0.162. The molecule has 0 saturated heterocycles. The van der Waals surface area contributed by atoms with Gasteiger partial charge in [-0.3, -0.25) is 0 Å². The third-order valence-corrected chi connectivity index (χ3v) is 8.44. The van der Waals surface area contributed by atoms with Gasteiger partial charge in [0, 0.05) is 13.6 Å². The van der Waals surface area contributed by atoms with Gasteiger partial charge in [0.25, 0.3) is 0 Å². The predicted molar refractivity (Wildman–Crippen MR) is 99.7 cm³/mol. The maximum absolute atomic E-state index is 12.7. The second-order valence-electron chi connectivity index (χ2n) is 8.45. The molecule has 1 aromatic carbocycles. The fraction of sp³-hybridized carbons (Fsp3) is 0.700. The molecule has 144 valence electrons. The summed E-state index contributed by atoms with van der Waals surface area (Å²) in [7, 11) is -0.300. The van der Waals surface area contributed by atoms with Gasteiger partial charge in [0.15, 0.2) is 0 Å². The standard InChI is InChI=1S/C20H29NO4S/c1-21(26(22,23)19-5-3-18(24-2)4-6-19)7-8-25-20-12-15-9-16(13-20)11-17(10-15)14-20/h3-6,15-17H,7-14H2,1-2H3. The molecule has 0 atom stereocenters. The number of rotatable bonds is 7. The van der Waals surface area contributed by atoms with E-state index in [2.05, 4.69) is 0 Å². The summed E-state index contributed by atoms with van der Waals surface area (Å²) in [6.07, 6.45) is 7.67. The number of ether oxygens (including phenoxy) is 2. The topological polar surface area (TPSA) is 55.8 Å². The first kappa shape index (κ1) is 18.3. The highest BCUT2D eigenvalue weighted by Gasteiger charge is 2.51. The van der Waals surface area contributed by atoms with Crippen LogP contribution < -0.4 is 4.74 Å². The molecule has 0 radical (unpaired) electrons. The van der Waals surface area contributed by atoms with E-state index in [-0.39, 0.29) is 10.5 Å². The average Bonchev–Trinajstić information content (AvgIpc) is 2.60. The Morgan fingerprint density at radius 1 is 1.04 bits per heavy atom. The monoisotopic (exact) mass is 379 g/mol. The Morgan fingerprint density at radius 2 is 1.58 bits per heavy atom.